The normalized spacial score (nSPS) is 33.2. The molecule has 2 rings (SSSR count). The van der Waals surface area contributed by atoms with E-state index in [0.717, 1.165) is 24.6 Å². The molecule has 1 N–H and O–H groups in total. The van der Waals surface area contributed by atoms with Crippen LogP contribution in [0.3, 0.4) is 0 Å². The topological polar surface area (TPSA) is 49.4 Å². The number of piperidine rings is 1. The van der Waals surface area contributed by atoms with Crippen LogP contribution < -0.4 is 5.32 Å². The van der Waals surface area contributed by atoms with Gasteiger partial charge in [0.05, 0.1) is 6.26 Å². The molecule has 1 aliphatic heterocycles. The highest BCUT2D eigenvalue weighted by atomic mass is 32.2. The Balaban J connectivity index is 1.72. The van der Waals surface area contributed by atoms with Gasteiger partial charge in [0.25, 0.3) is 0 Å². The van der Waals surface area contributed by atoms with Gasteiger partial charge in [0.1, 0.15) is 0 Å². The third-order valence-corrected chi connectivity index (χ3v) is 7.06. The standard InChI is InChI=1S/C14H28N2O2S2/c1-19-14-7-5-13(6-8-14)15-10-12-4-3-9-16(11-12)20(2,17)18/h12-15H,3-11H2,1-2H3. The lowest BCUT2D eigenvalue weighted by Gasteiger charge is -2.33. The lowest BCUT2D eigenvalue weighted by Crippen LogP contribution is -2.44. The Labute approximate surface area is 128 Å². The molecular weight excluding hydrogens is 292 g/mol. The molecule has 118 valence electrons. The summed E-state index contributed by atoms with van der Waals surface area (Å²) in [6.07, 6.45) is 10.9. The summed E-state index contributed by atoms with van der Waals surface area (Å²) in [4.78, 5) is 0. The summed E-state index contributed by atoms with van der Waals surface area (Å²) in [5, 5.41) is 4.53. The molecule has 1 aliphatic carbocycles. The first-order chi connectivity index (χ1) is 9.49. The van der Waals surface area contributed by atoms with E-state index in [4.69, 9.17) is 0 Å². The molecule has 0 aromatic heterocycles. The van der Waals surface area contributed by atoms with Gasteiger partial charge in [-0.1, -0.05) is 0 Å². The summed E-state index contributed by atoms with van der Waals surface area (Å²) in [7, 11) is -3.01. The van der Waals surface area contributed by atoms with Crippen LogP contribution in [0.2, 0.25) is 0 Å². The lowest BCUT2D eigenvalue weighted by molar-refractivity contribution is 0.247. The van der Waals surface area contributed by atoms with Crippen LogP contribution in [-0.4, -0.2) is 56.2 Å². The number of nitrogens with one attached hydrogen (secondary N) is 1. The number of hydrogen-bond acceptors (Lipinski definition) is 4. The van der Waals surface area contributed by atoms with E-state index in [0.29, 0.717) is 25.0 Å². The third kappa shape index (κ3) is 4.90. The van der Waals surface area contributed by atoms with E-state index in [1.54, 1.807) is 4.31 Å². The molecule has 0 bridgehead atoms. The van der Waals surface area contributed by atoms with E-state index in [-0.39, 0.29) is 0 Å². The highest BCUT2D eigenvalue weighted by molar-refractivity contribution is 7.99. The molecule has 1 heterocycles. The summed E-state index contributed by atoms with van der Waals surface area (Å²) in [6.45, 7) is 2.38. The Morgan fingerprint density at radius 2 is 1.90 bits per heavy atom. The maximum atomic E-state index is 11.6. The molecule has 2 fully saturated rings. The number of sulfonamides is 1. The Kier molecular flexibility index (Phi) is 6.20. The zero-order valence-corrected chi connectivity index (χ0v) is 14.3. The molecule has 0 aromatic rings. The monoisotopic (exact) mass is 320 g/mol. The van der Waals surface area contributed by atoms with E-state index >= 15 is 0 Å². The van der Waals surface area contributed by atoms with Gasteiger partial charge in [0, 0.05) is 24.4 Å². The maximum Gasteiger partial charge on any atom is 0.211 e. The molecule has 1 saturated carbocycles. The molecule has 4 nitrogen and oxygen atoms in total. The summed E-state index contributed by atoms with van der Waals surface area (Å²) < 4.78 is 24.9. The van der Waals surface area contributed by atoms with Gasteiger partial charge in [-0.15, -0.1) is 0 Å². The van der Waals surface area contributed by atoms with Crippen molar-refractivity contribution in [2.45, 2.75) is 49.8 Å². The Morgan fingerprint density at radius 1 is 1.20 bits per heavy atom. The summed E-state index contributed by atoms with van der Waals surface area (Å²) in [5.74, 6) is 0.483. The summed E-state index contributed by atoms with van der Waals surface area (Å²) >= 11 is 2.00. The van der Waals surface area contributed by atoms with Crippen molar-refractivity contribution in [1.29, 1.82) is 0 Å². The van der Waals surface area contributed by atoms with Crippen molar-refractivity contribution >= 4 is 21.8 Å². The van der Waals surface area contributed by atoms with Crippen LogP contribution in [0.25, 0.3) is 0 Å². The van der Waals surface area contributed by atoms with Gasteiger partial charge in [0.2, 0.25) is 10.0 Å². The third-order valence-electron chi connectivity index (χ3n) is 4.65. The van der Waals surface area contributed by atoms with Crippen molar-refractivity contribution < 1.29 is 8.42 Å². The Morgan fingerprint density at radius 3 is 2.50 bits per heavy atom. The van der Waals surface area contributed by atoms with Crippen molar-refractivity contribution in [2.75, 3.05) is 32.1 Å². The Hall–Kier alpha value is 0.220. The van der Waals surface area contributed by atoms with Gasteiger partial charge in [-0.25, -0.2) is 12.7 Å². The predicted octanol–water partition coefficient (Wildman–Crippen LogP) is 1.92. The largest absolute Gasteiger partial charge is 0.314 e. The number of hydrogen-bond donors (Lipinski definition) is 1. The van der Waals surface area contributed by atoms with Gasteiger partial charge in [-0.3, -0.25) is 0 Å². The molecule has 1 unspecified atom stereocenters. The van der Waals surface area contributed by atoms with Crippen molar-refractivity contribution in [3.8, 4) is 0 Å². The van der Waals surface area contributed by atoms with Gasteiger partial charge in [-0.2, -0.15) is 11.8 Å². The number of nitrogens with zero attached hydrogens (tertiary/aromatic N) is 1. The second-order valence-corrected chi connectivity index (χ2v) is 9.37. The fourth-order valence-electron chi connectivity index (χ4n) is 3.33. The first kappa shape index (κ1) is 16.6. The smallest absolute Gasteiger partial charge is 0.211 e. The van der Waals surface area contributed by atoms with Gasteiger partial charge >= 0.3 is 0 Å². The first-order valence-corrected chi connectivity index (χ1v) is 10.8. The average molecular weight is 321 g/mol. The van der Waals surface area contributed by atoms with E-state index in [9.17, 15) is 8.42 Å². The average Bonchev–Trinajstić information content (AvgIpc) is 2.45. The summed E-state index contributed by atoms with van der Waals surface area (Å²) in [5.41, 5.74) is 0. The molecule has 1 atom stereocenters. The van der Waals surface area contributed by atoms with Crippen molar-refractivity contribution in [3.63, 3.8) is 0 Å². The molecule has 0 amide bonds. The van der Waals surface area contributed by atoms with E-state index < -0.39 is 10.0 Å². The second kappa shape index (κ2) is 7.47. The van der Waals surface area contributed by atoms with Crippen LogP contribution in [0.1, 0.15) is 38.5 Å². The molecule has 2 aliphatic rings. The van der Waals surface area contributed by atoms with Crippen LogP contribution in [0.5, 0.6) is 0 Å². The zero-order chi connectivity index (χ0) is 14.6. The van der Waals surface area contributed by atoms with Crippen molar-refractivity contribution in [1.82, 2.24) is 9.62 Å². The summed E-state index contributed by atoms with van der Waals surface area (Å²) in [6, 6.07) is 0.645. The molecule has 0 aromatic carbocycles. The lowest BCUT2D eigenvalue weighted by atomic mass is 9.93. The minimum atomic E-state index is -3.01. The van der Waals surface area contributed by atoms with Crippen LogP contribution in [0.15, 0.2) is 0 Å². The quantitative estimate of drug-likeness (QED) is 0.841. The van der Waals surface area contributed by atoms with E-state index in [1.165, 1.54) is 31.9 Å². The Bertz CT molecular complexity index is 392. The van der Waals surface area contributed by atoms with Gasteiger partial charge < -0.3 is 5.32 Å². The SMILES string of the molecule is CSC1CCC(NCC2CCCN(S(C)(=O)=O)C2)CC1. The van der Waals surface area contributed by atoms with Crippen molar-refractivity contribution in [2.24, 2.45) is 5.92 Å². The molecule has 0 spiro atoms. The van der Waals surface area contributed by atoms with Crippen LogP contribution >= 0.6 is 11.8 Å². The predicted molar refractivity (Wildman–Crippen MR) is 86.7 cm³/mol. The number of rotatable bonds is 5. The maximum absolute atomic E-state index is 11.6. The van der Waals surface area contributed by atoms with Crippen LogP contribution in [-0.2, 0) is 10.0 Å². The minimum Gasteiger partial charge on any atom is -0.314 e. The second-order valence-electron chi connectivity index (χ2n) is 6.25. The molecular formula is C14H28N2O2S2. The van der Waals surface area contributed by atoms with Crippen LogP contribution in [0.4, 0.5) is 0 Å². The van der Waals surface area contributed by atoms with Gasteiger partial charge in [-0.05, 0) is 57.2 Å². The number of thioether (sulfide) groups is 1. The molecule has 1 saturated heterocycles. The fraction of sp³-hybridized carbons (Fsp3) is 1.00. The molecule has 6 heteroatoms. The molecule has 20 heavy (non-hydrogen) atoms. The highest BCUT2D eigenvalue weighted by Gasteiger charge is 2.27. The first-order valence-electron chi connectivity index (χ1n) is 7.70. The fourth-order valence-corrected chi connectivity index (χ4v) is 5.02. The zero-order valence-electron chi connectivity index (χ0n) is 12.7. The van der Waals surface area contributed by atoms with Gasteiger partial charge in [0.15, 0.2) is 0 Å². The van der Waals surface area contributed by atoms with E-state index in [2.05, 4.69) is 11.6 Å². The highest BCUT2D eigenvalue weighted by Crippen LogP contribution is 2.27. The molecule has 0 radical (unpaired) electrons. The van der Waals surface area contributed by atoms with Crippen molar-refractivity contribution in [3.05, 3.63) is 0 Å². The van der Waals surface area contributed by atoms with Crippen LogP contribution in [0, 0.1) is 5.92 Å². The van der Waals surface area contributed by atoms with E-state index in [1.807, 2.05) is 11.8 Å². The minimum absolute atomic E-state index is 0.483.